The summed E-state index contributed by atoms with van der Waals surface area (Å²) in [5.74, 6) is -0.180. The molecule has 1 unspecified atom stereocenters. The molecule has 4 heteroatoms. The third kappa shape index (κ3) is 3.55. The Bertz CT molecular complexity index is 1050. The summed E-state index contributed by atoms with van der Waals surface area (Å²) in [7, 11) is 0. The molecule has 4 rings (SSSR count). The average molecular weight is 375 g/mol. The summed E-state index contributed by atoms with van der Waals surface area (Å²) in [6.07, 6.45) is 2.67. The Morgan fingerprint density at radius 2 is 2.07 bits per heavy atom. The van der Waals surface area contributed by atoms with E-state index in [-0.39, 0.29) is 11.9 Å². The molecule has 28 heavy (non-hydrogen) atoms. The largest absolute Gasteiger partial charge is 0.387 e. The third-order valence-corrected chi connectivity index (χ3v) is 5.53. The molecule has 3 nitrogen and oxygen atoms in total. The first-order valence-electron chi connectivity index (χ1n) is 9.76. The maximum atomic E-state index is 14.2. The van der Waals surface area contributed by atoms with Crippen LogP contribution in [0.1, 0.15) is 24.0 Å². The lowest BCUT2D eigenvalue weighted by Gasteiger charge is -2.17. The average Bonchev–Trinajstić information content (AvgIpc) is 3.26. The molecule has 3 N–H and O–H groups in total. The van der Waals surface area contributed by atoms with Crippen LogP contribution >= 0.6 is 0 Å². The molecule has 0 aliphatic carbocycles. The molecule has 0 saturated carbocycles. The molecule has 2 heterocycles. The highest BCUT2D eigenvalue weighted by Gasteiger charge is 2.19. The van der Waals surface area contributed by atoms with Gasteiger partial charge in [0.1, 0.15) is 5.82 Å². The summed E-state index contributed by atoms with van der Waals surface area (Å²) in [5, 5.41) is 7.94. The molecule has 1 saturated heterocycles. The highest BCUT2D eigenvalue weighted by molar-refractivity contribution is 5.90. The molecular formula is C24H26FN3. The maximum absolute atomic E-state index is 14.2. The van der Waals surface area contributed by atoms with E-state index in [0.29, 0.717) is 5.56 Å². The van der Waals surface area contributed by atoms with E-state index in [9.17, 15) is 4.39 Å². The molecule has 3 aromatic rings. The van der Waals surface area contributed by atoms with Gasteiger partial charge < -0.3 is 15.6 Å². The van der Waals surface area contributed by atoms with E-state index in [1.165, 1.54) is 10.9 Å². The van der Waals surface area contributed by atoms with Gasteiger partial charge in [0.15, 0.2) is 0 Å². The molecule has 0 radical (unpaired) electrons. The molecule has 144 valence electrons. The molecule has 1 aromatic heterocycles. The number of hydrogen-bond donors (Lipinski definition) is 3. The fourth-order valence-corrected chi connectivity index (χ4v) is 3.88. The van der Waals surface area contributed by atoms with E-state index in [2.05, 4.69) is 40.9 Å². The van der Waals surface area contributed by atoms with Crippen molar-refractivity contribution in [3.05, 3.63) is 84.0 Å². The van der Waals surface area contributed by atoms with Crippen LogP contribution in [0.4, 0.5) is 4.39 Å². The van der Waals surface area contributed by atoms with Gasteiger partial charge in [-0.3, -0.25) is 0 Å². The number of benzene rings is 2. The second-order valence-electron chi connectivity index (χ2n) is 7.53. The lowest BCUT2D eigenvalue weighted by atomic mass is 9.99. The van der Waals surface area contributed by atoms with E-state index < -0.39 is 0 Å². The van der Waals surface area contributed by atoms with Gasteiger partial charge in [-0.05, 0) is 49.4 Å². The van der Waals surface area contributed by atoms with Gasteiger partial charge in [0.25, 0.3) is 0 Å². The van der Waals surface area contributed by atoms with E-state index >= 15 is 0 Å². The van der Waals surface area contributed by atoms with Crippen LogP contribution in [0.2, 0.25) is 0 Å². The number of para-hydroxylation sites is 1. The van der Waals surface area contributed by atoms with Gasteiger partial charge >= 0.3 is 0 Å². The smallest absolute Gasteiger partial charge is 0.126 e. The normalized spacial score (nSPS) is 16.4. The highest BCUT2D eigenvalue weighted by Crippen LogP contribution is 2.32. The summed E-state index contributed by atoms with van der Waals surface area (Å²) < 4.78 is 14.2. The monoisotopic (exact) mass is 375 g/mol. The Morgan fingerprint density at radius 3 is 2.82 bits per heavy atom. The number of aromatic amines is 1. The van der Waals surface area contributed by atoms with Crippen molar-refractivity contribution in [1.29, 1.82) is 0 Å². The first kappa shape index (κ1) is 18.4. The van der Waals surface area contributed by atoms with Crippen molar-refractivity contribution in [2.45, 2.75) is 32.2 Å². The fraction of sp³-hybridized carbons (Fsp3) is 0.250. The number of fused-ring (bicyclic) bond motifs is 1. The number of halogens is 1. The zero-order valence-electron chi connectivity index (χ0n) is 16.2. The van der Waals surface area contributed by atoms with Crippen LogP contribution in [-0.2, 0) is 6.42 Å². The molecule has 1 aliphatic heterocycles. The van der Waals surface area contributed by atoms with Crippen molar-refractivity contribution >= 4 is 10.9 Å². The van der Waals surface area contributed by atoms with Crippen molar-refractivity contribution in [2.75, 3.05) is 6.54 Å². The van der Waals surface area contributed by atoms with E-state index in [0.717, 1.165) is 54.0 Å². The highest BCUT2D eigenvalue weighted by atomic mass is 19.1. The summed E-state index contributed by atoms with van der Waals surface area (Å²) >= 11 is 0. The van der Waals surface area contributed by atoms with Crippen molar-refractivity contribution in [3.8, 4) is 11.3 Å². The first-order valence-corrected chi connectivity index (χ1v) is 9.76. The number of allylic oxidation sites excluding steroid dienone is 1. The maximum Gasteiger partial charge on any atom is 0.126 e. The summed E-state index contributed by atoms with van der Waals surface area (Å²) in [6, 6.07) is 13.9. The van der Waals surface area contributed by atoms with Crippen molar-refractivity contribution in [2.24, 2.45) is 0 Å². The van der Waals surface area contributed by atoms with Crippen molar-refractivity contribution in [3.63, 3.8) is 0 Å². The fourth-order valence-electron chi connectivity index (χ4n) is 3.88. The Balaban J connectivity index is 1.61. The number of H-pyrrole nitrogens is 1. The summed E-state index contributed by atoms with van der Waals surface area (Å²) in [5.41, 5.74) is 6.82. The summed E-state index contributed by atoms with van der Waals surface area (Å²) in [6.45, 7) is 11.0. The molecule has 0 bridgehead atoms. The van der Waals surface area contributed by atoms with Crippen LogP contribution in [0.15, 0.2) is 67.0 Å². The van der Waals surface area contributed by atoms with Gasteiger partial charge in [-0.2, -0.15) is 0 Å². The lowest BCUT2D eigenvalue weighted by molar-refractivity contribution is 0.619. The Kier molecular flexibility index (Phi) is 4.95. The quantitative estimate of drug-likeness (QED) is 0.555. The Morgan fingerprint density at radius 1 is 1.25 bits per heavy atom. The second kappa shape index (κ2) is 7.55. The Labute approximate surface area is 165 Å². The van der Waals surface area contributed by atoms with Gasteiger partial charge in [-0.25, -0.2) is 4.39 Å². The van der Waals surface area contributed by atoms with E-state index in [4.69, 9.17) is 0 Å². The predicted octanol–water partition coefficient (Wildman–Crippen LogP) is 5.19. The minimum atomic E-state index is -0.180. The topological polar surface area (TPSA) is 39.9 Å². The van der Waals surface area contributed by atoms with Crippen LogP contribution in [-0.4, -0.2) is 17.6 Å². The number of nitrogens with one attached hydrogen (secondary N) is 3. The number of aromatic nitrogens is 1. The van der Waals surface area contributed by atoms with Gasteiger partial charge in [0.2, 0.25) is 0 Å². The van der Waals surface area contributed by atoms with Crippen LogP contribution < -0.4 is 10.6 Å². The van der Waals surface area contributed by atoms with E-state index in [1.54, 1.807) is 13.0 Å². The molecule has 1 aliphatic rings. The van der Waals surface area contributed by atoms with Crippen molar-refractivity contribution in [1.82, 2.24) is 15.6 Å². The summed E-state index contributed by atoms with van der Waals surface area (Å²) in [4.78, 5) is 3.49. The molecule has 1 fully saturated rings. The molecule has 2 aromatic carbocycles. The predicted molar refractivity (Wildman–Crippen MR) is 115 cm³/mol. The zero-order valence-corrected chi connectivity index (χ0v) is 16.2. The van der Waals surface area contributed by atoms with Gasteiger partial charge in [0, 0.05) is 40.1 Å². The third-order valence-electron chi connectivity index (χ3n) is 5.53. The molecule has 0 amide bonds. The number of rotatable bonds is 6. The Hall–Kier alpha value is -3.01. The molecule has 1 atom stereocenters. The van der Waals surface area contributed by atoms with Crippen molar-refractivity contribution < 1.29 is 4.39 Å². The zero-order chi connectivity index (χ0) is 19.7. The standard InChI is InChI=1S/C24H26FN3/c1-15-8-10-18(14-21(15)25)24-20(19-6-4-5-7-23(19)28-24)11-9-16(2)27-22-12-13-26-17(22)3/h4-8,10,14,22,26-28H,2-3,9,11-13H2,1H3. The minimum Gasteiger partial charge on any atom is -0.387 e. The van der Waals surface area contributed by atoms with Gasteiger partial charge in [0.05, 0.1) is 6.04 Å². The van der Waals surface area contributed by atoms with E-state index in [1.807, 2.05) is 24.3 Å². The SMILES string of the molecule is C=C(CCc1c(-c2ccc(C)c(F)c2)[nH]c2ccccc12)NC1CCNC1=C. The van der Waals surface area contributed by atoms with Crippen LogP contribution in [0, 0.1) is 12.7 Å². The molecule has 0 spiro atoms. The second-order valence-corrected chi connectivity index (χ2v) is 7.53. The van der Waals surface area contributed by atoms with Gasteiger partial charge in [-0.15, -0.1) is 0 Å². The first-order chi connectivity index (χ1) is 13.5. The molecular weight excluding hydrogens is 349 g/mol. The minimum absolute atomic E-state index is 0.180. The number of hydrogen-bond acceptors (Lipinski definition) is 2. The van der Waals surface area contributed by atoms with Crippen LogP contribution in [0.5, 0.6) is 0 Å². The van der Waals surface area contributed by atoms with Crippen LogP contribution in [0.3, 0.4) is 0 Å². The lowest BCUT2D eigenvalue weighted by Crippen LogP contribution is -2.28. The van der Waals surface area contributed by atoms with Crippen LogP contribution in [0.25, 0.3) is 22.2 Å². The number of aryl methyl sites for hydroxylation is 2. The van der Waals surface area contributed by atoms with Gasteiger partial charge in [-0.1, -0.05) is 43.5 Å².